The molecule has 0 aliphatic carbocycles. The summed E-state index contributed by atoms with van der Waals surface area (Å²) in [6, 6.07) is 11.5. The zero-order valence-corrected chi connectivity index (χ0v) is 12.1. The van der Waals surface area contributed by atoms with E-state index in [0.717, 1.165) is 21.3 Å². The maximum absolute atomic E-state index is 12.0. The lowest BCUT2D eigenvalue weighted by Crippen LogP contribution is -2.10. The number of halogens is 1. The SMILES string of the molecule is NCc1ccccc1CC(=O)Cc1ccc(Br)cn1. The maximum Gasteiger partial charge on any atom is 0.143 e. The smallest absolute Gasteiger partial charge is 0.143 e. The number of hydrogen-bond acceptors (Lipinski definition) is 3. The standard InChI is InChI=1S/C15H15BrN2O/c16-13-5-6-14(18-10-13)8-15(19)7-11-3-1-2-4-12(11)9-17/h1-6,10H,7-9,17H2. The van der Waals surface area contributed by atoms with Gasteiger partial charge in [-0.25, -0.2) is 0 Å². The van der Waals surface area contributed by atoms with E-state index in [1.54, 1.807) is 6.20 Å². The van der Waals surface area contributed by atoms with Gasteiger partial charge in [0.25, 0.3) is 0 Å². The molecule has 2 rings (SSSR count). The molecular formula is C15H15BrN2O. The van der Waals surface area contributed by atoms with Gasteiger partial charge in [-0.15, -0.1) is 0 Å². The Morgan fingerprint density at radius 2 is 1.84 bits per heavy atom. The number of hydrogen-bond donors (Lipinski definition) is 1. The second-order valence-corrected chi connectivity index (χ2v) is 5.25. The summed E-state index contributed by atoms with van der Waals surface area (Å²) in [4.78, 5) is 16.3. The first-order chi connectivity index (χ1) is 9.19. The molecule has 19 heavy (non-hydrogen) atoms. The van der Waals surface area contributed by atoms with Crippen molar-refractivity contribution in [1.82, 2.24) is 4.98 Å². The van der Waals surface area contributed by atoms with Crippen LogP contribution >= 0.6 is 15.9 Å². The Morgan fingerprint density at radius 3 is 2.47 bits per heavy atom. The number of Topliss-reactive ketones (excluding diaryl/α,β-unsaturated/α-hetero) is 1. The van der Waals surface area contributed by atoms with Crippen LogP contribution in [0.25, 0.3) is 0 Å². The van der Waals surface area contributed by atoms with Crippen molar-refractivity contribution in [3.63, 3.8) is 0 Å². The van der Waals surface area contributed by atoms with Gasteiger partial charge in [0.1, 0.15) is 5.78 Å². The molecule has 1 aromatic heterocycles. The molecule has 0 fully saturated rings. The predicted octanol–water partition coefficient (Wildman–Crippen LogP) is 2.66. The molecule has 1 aromatic carbocycles. The lowest BCUT2D eigenvalue weighted by Gasteiger charge is -2.06. The number of pyridine rings is 1. The quantitative estimate of drug-likeness (QED) is 0.922. The van der Waals surface area contributed by atoms with Crippen LogP contribution < -0.4 is 5.73 Å². The highest BCUT2D eigenvalue weighted by atomic mass is 79.9. The van der Waals surface area contributed by atoms with Gasteiger partial charge in [-0.05, 0) is 39.2 Å². The number of aromatic nitrogens is 1. The summed E-state index contributed by atoms with van der Waals surface area (Å²) in [7, 11) is 0. The molecule has 0 bridgehead atoms. The molecule has 0 aliphatic heterocycles. The summed E-state index contributed by atoms with van der Waals surface area (Å²) in [6.45, 7) is 0.458. The van der Waals surface area contributed by atoms with Gasteiger partial charge in [-0.3, -0.25) is 9.78 Å². The van der Waals surface area contributed by atoms with Crippen LogP contribution in [0.3, 0.4) is 0 Å². The monoisotopic (exact) mass is 318 g/mol. The molecule has 0 saturated heterocycles. The van der Waals surface area contributed by atoms with Crippen LogP contribution in [0.4, 0.5) is 0 Å². The first kappa shape index (κ1) is 13.9. The average molecular weight is 319 g/mol. The van der Waals surface area contributed by atoms with Gasteiger partial charge >= 0.3 is 0 Å². The van der Waals surface area contributed by atoms with Crippen LogP contribution in [0.2, 0.25) is 0 Å². The Hall–Kier alpha value is -1.52. The molecule has 2 N–H and O–H groups in total. The Labute approximate surface area is 121 Å². The van der Waals surface area contributed by atoms with Gasteiger partial charge in [0.15, 0.2) is 0 Å². The molecule has 0 amide bonds. The van der Waals surface area contributed by atoms with E-state index >= 15 is 0 Å². The Kier molecular flexibility index (Phi) is 4.82. The molecule has 4 heteroatoms. The van der Waals surface area contributed by atoms with E-state index in [-0.39, 0.29) is 5.78 Å². The van der Waals surface area contributed by atoms with Crippen molar-refractivity contribution < 1.29 is 4.79 Å². The molecule has 0 spiro atoms. The minimum Gasteiger partial charge on any atom is -0.326 e. The molecule has 0 radical (unpaired) electrons. The third-order valence-corrected chi connectivity index (χ3v) is 3.36. The van der Waals surface area contributed by atoms with Gasteiger partial charge in [-0.1, -0.05) is 24.3 Å². The van der Waals surface area contributed by atoms with E-state index in [0.29, 0.717) is 19.4 Å². The number of nitrogens with two attached hydrogens (primary N) is 1. The van der Waals surface area contributed by atoms with E-state index < -0.39 is 0 Å². The summed E-state index contributed by atoms with van der Waals surface area (Å²) < 4.78 is 0.914. The first-order valence-corrected chi connectivity index (χ1v) is 6.87. The minimum atomic E-state index is 0.149. The summed E-state index contributed by atoms with van der Waals surface area (Å²) in [5.74, 6) is 0.149. The Bertz CT molecular complexity index is 567. The van der Waals surface area contributed by atoms with Crippen LogP contribution in [0.15, 0.2) is 47.1 Å². The molecule has 2 aromatic rings. The predicted molar refractivity (Wildman–Crippen MR) is 78.7 cm³/mol. The number of nitrogens with zero attached hydrogens (tertiary/aromatic N) is 1. The molecule has 0 aliphatic rings. The van der Waals surface area contributed by atoms with Crippen LogP contribution in [-0.4, -0.2) is 10.8 Å². The third kappa shape index (κ3) is 3.98. The molecule has 98 valence electrons. The van der Waals surface area contributed by atoms with Crippen LogP contribution in [0.1, 0.15) is 16.8 Å². The lowest BCUT2D eigenvalue weighted by molar-refractivity contribution is -0.117. The Morgan fingerprint density at radius 1 is 1.11 bits per heavy atom. The van der Waals surface area contributed by atoms with Gasteiger partial charge in [0, 0.05) is 35.7 Å². The van der Waals surface area contributed by atoms with Crippen molar-refractivity contribution in [3.8, 4) is 0 Å². The first-order valence-electron chi connectivity index (χ1n) is 6.08. The molecule has 0 unspecified atom stereocenters. The summed E-state index contributed by atoms with van der Waals surface area (Å²) in [5.41, 5.74) is 8.49. The fourth-order valence-electron chi connectivity index (χ4n) is 1.92. The van der Waals surface area contributed by atoms with Crippen LogP contribution in [0, 0.1) is 0 Å². The van der Waals surface area contributed by atoms with E-state index in [2.05, 4.69) is 20.9 Å². The van der Waals surface area contributed by atoms with Crippen molar-refractivity contribution in [2.75, 3.05) is 0 Å². The molecule has 0 saturated carbocycles. The van der Waals surface area contributed by atoms with Crippen molar-refractivity contribution in [2.24, 2.45) is 5.73 Å². The second-order valence-electron chi connectivity index (χ2n) is 4.33. The second kappa shape index (κ2) is 6.59. The average Bonchev–Trinajstić information content (AvgIpc) is 2.42. The number of rotatable bonds is 5. The number of benzene rings is 1. The molecule has 3 nitrogen and oxygen atoms in total. The maximum atomic E-state index is 12.0. The highest BCUT2D eigenvalue weighted by molar-refractivity contribution is 9.10. The zero-order valence-electron chi connectivity index (χ0n) is 10.5. The highest BCUT2D eigenvalue weighted by Crippen LogP contribution is 2.12. The molecule has 1 heterocycles. The number of carbonyl (C=O) groups excluding carboxylic acids is 1. The topological polar surface area (TPSA) is 56.0 Å². The fourth-order valence-corrected chi connectivity index (χ4v) is 2.15. The van der Waals surface area contributed by atoms with Crippen molar-refractivity contribution >= 4 is 21.7 Å². The van der Waals surface area contributed by atoms with E-state index in [1.807, 2.05) is 36.4 Å². The van der Waals surface area contributed by atoms with Crippen molar-refractivity contribution in [1.29, 1.82) is 0 Å². The Balaban J connectivity index is 2.03. The third-order valence-electron chi connectivity index (χ3n) is 2.89. The van der Waals surface area contributed by atoms with E-state index in [9.17, 15) is 4.79 Å². The van der Waals surface area contributed by atoms with E-state index in [4.69, 9.17) is 5.73 Å². The largest absolute Gasteiger partial charge is 0.326 e. The van der Waals surface area contributed by atoms with E-state index in [1.165, 1.54) is 0 Å². The minimum absolute atomic E-state index is 0.149. The van der Waals surface area contributed by atoms with Crippen LogP contribution in [0.5, 0.6) is 0 Å². The summed E-state index contributed by atoms with van der Waals surface area (Å²) >= 11 is 3.32. The van der Waals surface area contributed by atoms with Crippen molar-refractivity contribution in [3.05, 3.63) is 63.9 Å². The number of carbonyl (C=O) groups is 1. The van der Waals surface area contributed by atoms with Crippen molar-refractivity contribution in [2.45, 2.75) is 19.4 Å². The van der Waals surface area contributed by atoms with Gasteiger partial charge in [0.05, 0.1) is 0 Å². The van der Waals surface area contributed by atoms with Gasteiger partial charge in [-0.2, -0.15) is 0 Å². The normalized spacial score (nSPS) is 10.4. The summed E-state index contributed by atoms with van der Waals surface area (Å²) in [5, 5.41) is 0. The van der Waals surface area contributed by atoms with Gasteiger partial charge in [0.2, 0.25) is 0 Å². The highest BCUT2D eigenvalue weighted by Gasteiger charge is 2.08. The van der Waals surface area contributed by atoms with Gasteiger partial charge < -0.3 is 5.73 Å². The zero-order chi connectivity index (χ0) is 13.7. The molecular weight excluding hydrogens is 304 g/mol. The lowest BCUT2D eigenvalue weighted by atomic mass is 10.0. The fraction of sp³-hybridized carbons (Fsp3) is 0.200. The van der Waals surface area contributed by atoms with Crippen LogP contribution in [-0.2, 0) is 24.2 Å². The number of ketones is 1. The summed E-state index contributed by atoms with van der Waals surface area (Å²) in [6.07, 6.45) is 2.47. The molecule has 0 atom stereocenters.